The molecule has 0 saturated heterocycles. The first kappa shape index (κ1) is 16.0. The molecule has 0 aliphatic rings. The number of aromatic nitrogens is 1. The monoisotopic (exact) mass is 339 g/mol. The van der Waals surface area contributed by atoms with E-state index in [4.69, 9.17) is 4.74 Å². The predicted molar refractivity (Wildman–Crippen MR) is 102 cm³/mol. The summed E-state index contributed by atoms with van der Waals surface area (Å²) in [6.07, 6.45) is 1.67. The van der Waals surface area contributed by atoms with E-state index in [0.29, 0.717) is 17.9 Å². The molecule has 1 aromatic heterocycles. The van der Waals surface area contributed by atoms with Gasteiger partial charge in [0.1, 0.15) is 18.1 Å². The SMILES string of the molecule is O=C(c1ccccc1)c1nccc2cc(OCc3ccccc3)ccc12. The summed E-state index contributed by atoms with van der Waals surface area (Å²) in [5, 5.41) is 1.76. The molecule has 126 valence electrons. The Morgan fingerprint density at radius 2 is 1.58 bits per heavy atom. The minimum atomic E-state index is -0.0749. The number of benzene rings is 3. The van der Waals surface area contributed by atoms with Gasteiger partial charge in [0.15, 0.2) is 0 Å². The van der Waals surface area contributed by atoms with Crippen molar-refractivity contribution in [3.8, 4) is 5.75 Å². The molecule has 4 aromatic rings. The maximum Gasteiger partial charge on any atom is 0.211 e. The zero-order valence-electron chi connectivity index (χ0n) is 14.1. The highest BCUT2D eigenvalue weighted by atomic mass is 16.5. The van der Waals surface area contributed by atoms with E-state index in [2.05, 4.69) is 4.98 Å². The summed E-state index contributed by atoms with van der Waals surface area (Å²) in [7, 11) is 0. The minimum Gasteiger partial charge on any atom is -0.489 e. The predicted octanol–water partition coefficient (Wildman–Crippen LogP) is 5.04. The van der Waals surface area contributed by atoms with Crippen molar-refractivity contribution in [1.29, 1.82) is 0 Å². The van der Waals surface area contributed by atoms with Crippen LogP contribution in [0.1, 0.15) is 21.6 Å². The fraction of sp³-hybridized carbons (Fsp3) is 0.0435. The summed E-state index contributed by atoms with van der Waals surface area (Å²) in [6, 6.07) is 26.9. The van der Waals surface area contributed by atoms with Gasteiger partial charge in [0.2, 0.25) is 5.78 Å². The largest absolute Gasteiger partial charge is 0.489 e. The number of fused-ring (bicyclic) bond motifs is 1. The molecule has 1 heterocycles. The first-order valence-corrected chi connectivity index (χ1v) is 8.46. The normalized spacial score (nSPS) is 10.6. The Morgan fingerprint density at radius 3 is 2.35 bits per heavy atom. The number of carbonyl (C=O) groups excluding carboxylic acids is 1. The van der Waals surface area contributed by atoms with Crippen LogP contribution in [0.3, 0.4) is 0 Å². The van der Waals surface area contributed by atoms with Gasteiger partial charge in [-0.15, -0.1) is 0 Å². The minimum absolute atomic E-state index is 0.0749. The Labute approximate surface area is 151 Å². The number of ether oxygens (including phenoxy) is 1. The van der Waals surface area contributed by atoms with Crippen LogP contribution < -0.4 is 4.74 Å². The molecule has 0 atom stereocenters. The van der Waals surface area contributed by atoms with Gasteiger partial charge in [-0.2, -0.15) is 0 Å². The molecular formula is C23H17NO2. The maximum atomic E-state index is 12.8. The summed E-state index contributed by atoms with van der Waals surface area (Å²) in [5.41, 5.74) is 2.21. The van der Waals surface area contributed by atoms with E-state index < -0.39 is 0 Å². The number of rotatable bonds is 5. The number of nitrogens with zero attached hydrogens (tertiary/aromatic N) is 1. The van der Waals surface area contributed by atoms with E-state index in [0.717, 1.165) is 22.1 Å². The molecular weight excluding hydrogens is 322 g/mol. The third-order valence-corrected chi connectivity index (χ3v) is 4.24. The van der Waals surface area contributed by atoms with Crippen LogP contribution in [0.15, 0.2) is 91.1 Å². The van der Waals surface area contributed by atoms with E-state index >= 15 is 0 Å². The number of ketones is 1. The molecule has 0 fully saturated rings. The lowest BCUT2D eigenvalue weighted by molar-refractivity contribution is 0.103. The fourth-order valence-corrected chi connectivity index (χ4v) is 2.89. The van der Waals surface area contributed by atoms with Crippen molar-refractivity contribution in [3.05, 3.63) is 108 Å². The van der Waals surface area contributed by atoms with E-state index in [-0.39, 0.29) is 5.78 Å². The van der Waals surface area contributed by atoms with Crippen LogP contribution in [-0.4, -0.2) is 10.8 Å². The highest BCUT2D eigenvalue weighted by molar-refractivity contribution is 6.15. The van der Waals surface area contributed by atoms with Crippen LogP contribution in [0.4, 0.5) is 0 Å². The molecule has 3 nitrogen and oxygen atoms in total. The van der Waals surface area contributed by atoms with Gasteiger partial charge >= 0.3 is 0 Å². The molecule has 0 aliphatic heterocycles. The average Bonchev–Trinajstić information content (AvgIpc) is 2.72. The standard InChI is InChI=1S/C23H17NO2/c25-23(18-9-5-2-6-10-18)22-21-12-11-20(15-19(21)13-14-24-22)26-16-17-7-3-1-4-8-17/h1-15H,16H2. The first-order valence-electron chi connectivity index (χ1n) is 8.46. The molecule has 0 unspecified atom stereocenters. The second kappa shape index (κ2) is 7.19. The molecule has 3 aromatic carbocycles. The summed E-state index contributed by atoms with van der Waals surface area (Å²) in [6.45, 7) is 0.507. The molecule has 26 heavy (non-hydrogen) atoms. The Hall–Kier alpha value is -3.46. The molecule has 4 rings (SSSR count). The van der Waals surface area contributed by atoms with Crippen molar-refractivity contribution in [1.82, 2.24) is 4.98 Å². The van der Waals surface area contributed by atoms with Crippen LogP contribution in [0.2, 0.25) is 0 Å². The van der Waals surface area contributed by atoms with Gasteiger partial charge in [-0.3, -0.25) is 9.78 Å². The van der Waals surface area contributed by atoms with Gasteiger partial charge in [0.25, 0.3) is 0 Å². The quantitative estimate of drug-likeness (QED) is 0.478. The zero-order valence-corrected chi connectivity index (χ0v) is 14.1. The van der Waals surface area contributed by atoms with Gasteiger partial charge in [-0.1, -0.05) is 60.7 Å². The zero-order chi connectivity index (χ0) is 17.8. The highest BCUT2D eigenvalue weighted by Gasteiger charge is 2.14. The third-order valence-electron chi connectivity index (χ3n) is 4.24. The van der Waals surface area contributed by atoms with Gasteiger partial charge in [0.05, 0.1) is 0 Å². The topological polar surface area (TPSA) is 39.2 Å². The number of carbonyl (C=O) groups is 1. The van der Waals surface area contributed by atoms with Crippen molar-refractivity contribution in [2.45, 2.75) is 6.61 Å². The Morgan fingerprint density at radius 1 is 0.846 bits per heavy atom. The van der Waals surface area contributed by atoms with Crippen molar-refractivity contribution < 1.29 is 9.53 Å². The summed E-state index contributed by atoms with van der Waals surface area (Å²) >= 11 is 0. The maximum absolute atomic E-state index is 12.8. The molecule has 0 N–H and O–H groups in total. The molecule has 0 amide bonds. The lowest BCUT2D eigenvalue weighted by Crippen LogP contribution is -2.04. The lowest BCUT2D eigenvalue weighted by atomic mass is 10.0. The second-order valence-corrected chi connectivity index (χ2v) is 6.01. The Kier molecular flexibility index (Phi) is 4.44. The van der Waals surface area contributed by atoms with Crippen LogP contribution >= 0.6 is 0 Å². The van der Waals surface area contributed by atoms with Gasteiger partial charge < -0.3 is 4.74 Å². The van der Waals surface area contributed by atoms with Crippen molar-refractivity contribution in [3.63, 3.8) is 0 Å². The van der Waals surface area contributed by atoms with Crippen molar-refractivity contribution >= 4 is 16.6 Å². The summed E-state index contributed by atoms with van der Waals surface area (Å²) < 4.78 is 5.88. The molecule has 0 radical (unpaired) electrons. The molecule has 0 aliphatic carbocycles. The smallest absolute Gasteiger partial charge is 0.211 e. The molecule has 0 saturated carbocycles. The fourth-order valence-electron chi connectivity index (χ4n) is 2.89. The van der Waals surface area contributed by atoms with Crippen LogP contribution in [0.5, 0.6) is 5.75 Å². The van der Waals surface area contributed by atoms with Crippen LogP contribution in [0.25, 0.3) is 10.8 Å². The van der Waals surface area contributed by atoms with Gasteiger partial charge in [-0.25, -0.2) is 0 Å². The van der Waals surface area contributed by atoms with E-state index in [1.807, 2.05) is 72.8 Å². The number of pyridine rings is 1. The van der Waals surface area contributed by atoms with Crippen molar-refractivity contribution in [2.75, 3.05) is 0 Å². The Balaban J connectivity index is 1.62. The summed E-state index contributed by atoms with van der Waals surface area (Å²) in [4.78, 5) is 17.1. The van der Waals surface area contributed by atoms with Crippen molar-refractivity contribution in [2.24, 2.45) is 0 Å². The number of hydrogen-bond acceptors (Lipinski definition) is 3. The van der Waals surface area contributed by atoms with E-state index in [9.17, 15) is 4.79 Å². The third kappa shape index (κ3) is 3.33. The Bertz CT molecular complexity index is 1040. The van der Waals surface area contributed by atoms with Gasteiger partial charge in [0, 0.05) is 17.1 Å². The first-order chi connectivity index (χ1) is 12.8. The van der Waals surface area contributed by atoms with Gasteiger partial charge in [-0.05, 0) is 35.2 Å². The second-order valence-electron chi connectivity index (χ2n) is 6.01. The molecule has 0 spiro atoms. The van der Waals surface area contributed by atoms with E-state index in [1.54, 1.807) is 18.3 Å². The molecule has 0 bridgehead atoms. The van der Waals surface area contributed by atoms with E-state index in [1.165, 1.54) is 0 Å². The number of hydrogen-bond donors (Lipinski definition) is 0. The van der Waals surface area contributed by atoms with Crippen LogP contribution in [-0.2, 0) is 6.61 Å². The van der Waals surface area contributed by atoms with Crippen LogP contribution in [0, 0.1) is 0 Å². The summed E-state index contributed by atoms with van der Waals surface area (Å²) in [5.74, 6) is 0.694. The average molecular weight is 339 g/mol. The highest BCUT2D eigenvalue weighted by Crippen LogP contribution is 2.25. The molecule has 3 heteroatoms. The lowest BCUT2D eigenvalue weighted by Gasteiger charge is -2.09.